The van der Waals surface area contributed by atoms with Gasteiger partial charge in [0.15, 0.2) is 0 Å². The molecular weight excluding hydrogens is 427 g/mol. The van der Waals surface area contributed by atoms with Crippen LogP contribution >= 0.6 is 11.3 Å². The van der Waals surface area contributed by atoms with Crippen LogP contribution in [0.1, 0.15) is 44.3 Å². The lowest BCUT2D eigenvalue weighted by molar-refractivity contribution is 0.0510. The molecule has 1 unspecified atom stereocenters. The molecule has 32 heavy (non-hydrogen) atoms. The smallest absolute Gasteiger partial charge is 0.266 e. The fourth-order valence-corrected chi connectivity index (χ4v) is 4.96. The van der Waals surface area contributed by atoms with Gasteiger partial charge in [0.1, 0.15) is 16.4 Å². The van der Waals surface area contributed by atoms with Gasteiger partial charge in [0, 0.05) is 26.1 Å². The number of aromatic nitrogens is 1. The Bertz CT molecular complexity index is 1060. The minimum Gasteiger partial charge on any atom is -0.497 e. The van der Waals surface area contributed by atoms with Crippen LogP contribution in [0.2, 0.25) is 0 Å². The fourth-order valence-electron chi connectivity index (χ4n) is 3.89. The molecule has 3 aromatic rings. The van der Waals surface area contributed by atoms with Crippen molar-refractivity contribution in [2.45, 2.75) is 38.8 Å². The number of halogens is 1. The predicted octanol–water partition coefficient (Wildman–Crippen LogP) is 5.01. The third kappa shape index (κ3) is 5.53. The average molecular weight is 455 g/mol. The van der Waals surface area contributed by atoms with Gasteiger partial charge in [-0.25, -0.2) is 9.37 Å². The van der Waals surface area contributed by atoms with Crippen LogP contribution in [0.25, 0.3) is 0 Å². The lowest BCUT2D eigenvalue weighted by Crippen LogP contribution is -2.36. The number of hydrogen-bond donors (Lipinski definition) is 0. The zero-order valence-corrected chi connectivity index (χ0v) is 19.2. The number of aryl methyl sites for hydroxylation is 1. The maximum Gasteiger partial charge on any atom is 0.266 e. The minimum absolute atomic E-state index is 0.0383. The SMILES string of the molecule is COc1cccc(CN(CC2CCCO2)C(=O)c2sc(Cc3ccc(F)cc3)nc2C)c1. The Morgan fingerprint density at radius 3 is 2.78 bits per heavy atom. The number of carbonyl (C=O) groups excluding carboxylic acids is 1. The molecule has 1 fully saturated rings. The van der Waals surface area contributed by atoms with Gasteiger partial charge >= 0.3 is 0 Å². The first-order valence-corrected chi connectivity index (χ1v) is 11.6. The van der Waals surface area contributed by atoms with Crippen molar-refractivity contribution in [1.82, 2.24) is 9.88 Å². The molecule has 2 heterocycles. The maximum atomic E-state index is 13.6. The normalized spacial score (nSPS) is 15.7. The molecule has 1 aliphatic rings. The summed E-state index contributed by atoms with van der Waals surface area (Å²) in [6.45, 7) is 3.63. The van der Waals surface area contributed by atoms with Gasteiger partial charge in [-0.15, -0.1) is 11.3 Å². The average Bonchev–Trinajstić information content (AvgIpc) is 3.44. The van der Waals surface area contributed by atoms with Gasteiger partial charge in [-0.1, -0.05) is 24.3 Å². The molecule has 0 saturated carbocycles. The molecule has 2 aromatic carbocycles. The van der Waals surface area contributed by atoms with Gasteiger partial charge in [-0.2, -0.15) is 0 Å². The number of hydrogen-bond acceptors (Lipinski definition) is 5. The van der Waals surface area contributed by atoms with Crippen molar-refractivity contribution < 1.29 is 18.7 Å². The number of nitrogens with zero attached hydrogens (tertiary/aromatic N) is 2. The molecule has 0 radical (unpaired) electrons. The summed E-state index contributed by atoms with van der Waals surface area (Å²) in [7, 11) is 1.64. The van der Waals surface area contributed by atoms with E-state index in [1.165, 1.54) is 23.5 Å². The second-order valence-corrected chi connectivity index (χ2v) is 9.08. The van der Waals surface area contributed by atoms with E-state index in [9.17, 15) is 9.18 Å². The van der Waals surface area contributed by atoms with E-state index < -0.39 is 0 Å². The highest BCUT2D eigenvalue weighted by Gasteiger charge is 2.26. The molecule has 1 aromatic heterocycles. The molecule has 168 valence electrons. The largest absolute Gasteiger partial charge is 0.497 e. The molecule has 1 amide bonds. The number of ether oxygens (including phenoxy) is 2. The van der Waals surface area contributed by atoms with Crippen LogP contribution in [0.3, 0.4) is 0 Å². The molecule has 0 bridgehead atoms. The Balaban J connectivity index is 1.55. The van der Waals surface area contributed by atoms with E-state index in [-0.39, 0.29) is 17.8 Å². The molecule has 0 N–H and O–H groups in total. The summed E-state index contributed by atoms with van der Waals surface area (Å²) in [4.78, 5) is 20.7. The summed E-state index contributed by atoms with van der Waals surface area (Å²) in [6.07, 6.45) is 2.60. The van der Waals surface area contributed by atoms with Crippen LogP contribution in [-0.4, -0.2) is 42.2 Å². The zero-order valence-electron chi connectivity index (χ0n) is 18.3. The molecule has 1 saturated heterocycles. The van der Waals surface area contributed by atoms with Crippen molar-refractivity contribution in [2.75, 3.05) is 20.3 Å². The van der Waals surface area contributed by atoms with Crippen LogP contribution < -0.4 is 4.74 Å². The first-order valence-electron chi connectivity index (χ1n) is 10.8. The summed E-state index contributed by atoms with van der Waals surface area (Å²) in [6, 6.07) is 14.2. The highest BCUT2D eigenvalue weighted by Crippen LogP contribution is 2.25. The Morgan fingerprint density at radius 1 is 1.25 bits per heavy atom. The number of methoxy groups -OCH3 is 1. The number of thiazole rings is 1. The molecule has 5 nitrogen and oxygen atoms in total. The van der Waals surface area contributed by atoms with E-state index in [4.69, 9.17) is 9.47 Å². The summed E-state index contributed by atoms with van der Waals surface area (Å²) in [5, 5.41) is 0.843. The van der Waals surface area contributed by atoms with E-state index in [2.05, 4.69) is 4.98 Å². The monoisotopic (exact) mass is 454 g/mol. The molecule has 0 aliphatic carbocycles. The highest BCUT2D eigenvalue weighted by molar-refractivity contribution is 7.13. The van der Waals surface area contributed by atoms with Gasteiger partial charge in [0.2, 0.25) is 0 Å². The van der Waals surface area contributed by atoms with E-state index in [1.54, 1.807) is 19.2 Å². The van der Waals surface area contributed by atoms with Crippen LogP contribution in [0, 0.1) is 12.7 Å². The van der Waals surface area contributed by atoms with Crippen LogP contribution in [-0.2, 0) is 17.7 Å². The van der Waals surface area contributed by atoms with E-state index >= 15 is 0 Å². The molecule has 7 heteroatoms. The molecule has 0 spiro atoms. The van der Waals surface area contributed by atoms with Crippen molar-refractivity contribution in [1.29, 1.82) is 0 Å². The zero-order chi connectivity index (χ0) is 22.5. The number of amides is 1. The van der Waals surface area contributed by atoms with Crippen LogP contribution in [0.15, 0.2) is 48.5 Å². The quantitative estimate of drug-likeness (QED) is 0.480. The first-order chi connectivity index (χ1) is 15.5. The molecular formula is C25H27FN2O3S. The topological polar surface area (TPSA) is 51.7 Å². The van der Waals surface area contributed by atoms with Crippen LogP contribution in [0.4, 0.5) is 4.39 Å². The van der Waals surface area contributed by atoms with Crippen molar-refractivity contribution in [2.24, 2.45) is 0 Å². The van der Waals surface area contributed by atoms with E-state index in [1.807, 2.05) is 36.1 Å². The molecule has 1 atom stereocenters. The Kier molecular flexibility index (Phi) is 7.17. The molecule has 1 aliphatic heterocycles. The van der Waals surface area contributed by atoms with E-state index in [0.717, 1.165) is 47.0 Å². The van der Waals surface area contributed by atoms with Gasteiger partial charge in [-0.3, -0.25) is 4.79 Å². The van der Waals surface area contributed by atoms with Gasteiger partial charge in [-0.05, 0) is 55.2 Å². The summed E-state index contributed by atoms with van der Waals surface area (Å²) >= 11 is 1.41. The second kappa shape index (κ2) is 10.2. The standard InChI is InChI=1S/C25H27FN2O3S/c1-17-24(32-23(27-17)14-18-8-10-20(26)11-9-18)25(29)28(16-22-7-4-12-31-22)15-19-5-3-6-21(13-19)30-2/h3,5-6,8-11,13,22H,4,7,12,14-16H2,1-2H3. The van der Waals surface area contributed by atoms with E-state index in [0.29, 0.717) is 24.4 Å². The lowest BCUT2D eigenvalue weighted by Gasteiger charge is -2.25. The summed E-state index contributed by atoms with van der Waals surface area (Å²) in [5.41, 5.74) is 2.69. The fraction of sp³-hybridized carbons (Fsp3) is 0.360. The summed E-state index contributed by atoms with van der Waals surface area (Å²) in [5.74, 6) is 0.466. The molecule has 4 rings (SSSR count). The minimum atomic E-state index is -0.262. The Hall–Kier alpha value is -2.77. The van der Waals surface area contributed by atoms with Crippen molar-refractivity contribution >= 4 is 17.2 Å². The van der Waals surface area contributed by atoms with Gasteiger partial charge < -0.3 is 14.4 Å². The number of rotatable bonds is 8. The van der Waals surface area contributed by atoms with Crippen LogP contribution in [0.5, 0.6) is 5.75 Å². The van der Waals surface area contributed by atoms with Crippen molar-refractivity contribution in [3.8, 4) is 5.75 Å². The Morgan fingerprint density at radius 2 is 2.06 bits per heavy atom. The van der Waals surface area contributed by atoms with Crippen molar-refractivity contribution in [3.05, 3.63) is 81.1 Å². The highest BCUT2D eigenvalue weighted by atomic mass is 32.1. The van der Waals surface area contributed by atoms with Gasteiger partial charge in [0.05, 0.1) is 23.9 Å². The third-order valence-electron chi connectivity index (χ3n) is 5.55. The maximum absolute atomic E-state index is 13.6. The van der Waals surface area contributed by atoms with Gasteiger partial charge in [0.25, 0.3) is 5.91 Å². The summed E-state index contributed by atoms with van der Waals surface area (Å²) < 4.78 is 24.4. The van der Waals surface area contributed by atoms with Crippen molar-refractivity contribution in [3.63, 3.8) is 0 Å². The lowest BCUT2D eigenvalue weighted by atomic mass is 10.1. The third-order valence-corrected chi connectivity index (χ3v) is 6.69. The number of benzene rings is 2. The number of carbonyl (C=O) groups is 1. The Labute approximate surface area is 191 Å². The second-order valence-electron chi connectivity index (χ2n) is 8.00. The first kappa shape index (κ1) is 22.4. The predicted molar refractivity (Wildman–Crippen MR) is 123 cm³/mol.